The monoisotopic (exact) mass is 537 g/mol. The summed E-state index contributed by atoms with van der Waals surface area (Å²) in [5.74, 6) is 1.18. The highest BCUT2D eigenvalue weighted by molar-refractivity contribution is 9.10. The second-order valence-corrected chi connectivity index (χ2v) is 11.0. The van der Waals surface area contributed by atoms with E-state index in [1.807, 2.05) is 24.5 Å². The SMILES string of the molecule is CC1CCc2c(sc(NC(=O)CSc3nnc(-c4ccc(Br)o4)n3C(C)C)c2C(N)=O)C1. The molecule has 3 heterocycles. The Bertz CT molecular complexity index is 1170. The molecule has 1 unspecified atom stereocenters. The van der Waals surface area contributed by atoms with E-state index < -0.39 is 5.91 Å². The fraction of sp³-hybridized carbons (Fsp3) is 0.429. The summed E-state index contributed by atoms with van der Waals surface area (Å²) >= 11 is 6.06. The quantitative estimate of drug-likeness (QED) is 0.414. The number of halogens is 1. The molecule has 0 saturated carbocycles. The molecule has 0 aromatic carbocycles. The number of primary amides is 1. The number of anilines is 1. The van der Waals surface area contributed by atoms with E-state index in [0.29, 0.717) is 37.9 Å². The number of carbonyl (C=O) groups excluding carboxylic acids is 2. The van der Waals surface area contributed by atoms with Gasteiger partial charge in [0.1, 0.15) is 5.00 Å². The Morgan fingerprint density at radius 1 is 1.41 bits per heavy atom. The van der Waals surface area contributed by atoms with E-state index in [-0.39, 0.29) is 17.7 Å². The number of thiophene rings is 1. The summed E-state index contributed by atoms with van der Waals surface area (Å²) in [5.41, 5.74) is 7.11. The number of rotatable bonds is 7. The number of nitrogens with two attached hydrogens (primary N) is 1. The van der Waals surface area contributed by atoms with Gasteiger partial charge in [-0.2, -0.15) is 0 Å². The molecule has 0 radical (unpaired) electrons. The molecule has 4 rings (SSSR count). The molecule has 0 aliphatic heterocycles. The van der Waals surface area contributed by atoms with Crippen molar-refractivity contribution in [3.8, 4) is 11.6 Å². The van der Waals surface area contributed by atoms with Gasteiger partial charge >= 0.3 is 0 Å². The number of amides is 2. The number of nitrogens with one attached hydrogen (secondary N) is 1. The van der Waals surface area contributed by atoms with Gasteiger partial charge in [-0.25, -0.2) is 0 Å². The van der Waals surface area contributed by atoms with E-state index in [2.05, 4.69) is 38.4 Å². The van der Waals surface area contributed by atoms with Crippen molar-refractivity contribution in [3.05, 3.63) is 32.8 Å². The molecule has 3 aromatic rings. The first-order valence-electron chi connectivity index (χ1n) is 10.3. The van der Waals surface area contributed by atoms with Crippen molar-refractivity contribution in [2.75, 3.05) is 11.1 Å². The number of thioether (sulfide) groups is 1. The minimum Gasteiger partial charge on any atom is -0.446 e. The summed E-state index contributed by atoms with van der Waals surface area (Å²) in [5, 5.41) is 12.6. The van der Waals surface area contributed by atoms with Crippen LogP contribution in [0.4, 0.5) is 5.00 Å². The number of carbonyl (C=O) groups is 2. The lowest BCUT2D eigenvalue weighted by atomic mass is 9.88. The topological polar surface area (TPSA) is 116 Å². The average Bonchev–Trinajstić information content (AvgIpc) is 3.41. The van der Waals surface area contributed by atoms with Crippen LogP contribution < -0.4 is 11.1 Å². The molecule has 0 spiro atoms. The van der Waals surface area contributed by atoms with Crippen LogP contribution >= 0.6 is 39.0 Å². The summed E-state index contributed by atoms with van der Waals surface area (Å²) in [6.45, 7) is 6.23. The van der Waals surface area contributed by atoms with Gasteiger partial charge in [-0.3, -0.25) is 14.2 Å². The predicted molar refractivity (Wildman–Crippen MR) is 129 cm³/mol. The molecular weight excluding hydrogens is 514 g/mol. The molecular formula is C21H24BrN5O3S2. The van der Waals surface area contributed by atoms with Crippen LogP contribution in [-0.2, 0) is 17.6 Å². The fourth-order valence-electron chi connectivity index (χ4n) is 3.84. The third-order valence-corrected chi connectivity index (χ3v) is 7.86. The van der Waals surface area contributed by atoms with Crippen molar-refractivity contribution in [1.82, 2.24) is 14.8 Å². The third kappa shape index (κ3) is 4.65. The van der Waals surface area contributed by atoms with E-state index in [0.717, 1.165) is 29.7 Å². The van der Waals surface area contributed by atoms with Crippen molar-refractivity contribution in [2.45, 2.75) is 51.2 Å². The number of aromatic nitrogens is 3. The van der Waals surface area contributed by atoms with E-state index in [4.69, 9.17) is 10.2 Å². The summed E-state index contributed by atoms with van der Waals surface area (Å²) in [6.07, 6.45) is 2.75. The van der Waals surface area contributed by atoms with Crippen molar-refractivity contribution in [1.29, 1.82) is 0 Å². The largest absolute Gasteiger partial charge is 0.446 e. The van der Waals surface area contributed by atoms with Crippen LogP contribution in [0.15, 0.2) is 26.4 Å². The number of hydrogen-bond acceptors (Lipinski definition) is 7. The van der Waals surface area contributed by atoms with Crippen LogP contribution in [0.3, 0.4) is 0 Å². The molecule has 0 fully saturated rings. The Hall–Kier alpha value is -2.11. The van der Waals surface area contributed by atoms with Gasteiger partial charge in [0.25, 0.3) is 5.91 Å². The van der Waals surface area contributed by atoms with E-state index in [9.17, 15) is 9.59 Å². The lowest BCUT2D eigenvalue weighted by molar-refractivity contribution is -0.113. The second-order valence-electron chi connectivity index (χ2n) is 8.13. The molecule has 0 saturated heterocycles. The smallest absolute Gasteiger partial charge is 0.251 e. The third-order valence-electron chi connectivity index (χ3n) is 5.32. The van der Waals surface area contributed by atoms with Crippen LogP contribution in [0.5, 0.6) is 0 Å². The van der Waals surface area contributed by atoms with E-state index in [1.165, 1.54) is 23.1 Å². The van der Waals surface area contributed by atoms with Crippen molar-refractivity contribution in [2.24, 2.45) is 11.7 Å². The van der Waals surface area contributed by atoms with Gasteiger partial charge in [-0.15, -0.1) is 21.5 Å². The Labute approximate surface area is 202 Å². The Morgan fingerprint density at radius 2 is 2.19 bits per heavy atom. The number of fused-ring (bicyclic) bond motifs is 1. The van der Waals surface area contributed by atoms with Gasteiger partial charge in [-0.1, -0.05) is 18.7 Å². The molecule has 11 heteroatoms. The molecule has 3 N–H and O–H groups in total. The zero-order chi connectivity index (χ0) is 23.0. The second kappa shape index (κ2) is 9.40. The van der Waals surface area contributed by atoms with Gasteiger partial charge in [-0.05, 0) is 72.7 Å². The first-order valence-corrected chi connectivity index (χ1v) is 12.9. The van der Waals surface area contributed by atoms with Gasteiger partial charge in [0, 0.05) is 10.9 Å². The summed E-state index contributed by atoms with van der Waals surface area (Å²) < 4.78 is 8.17. The van der Waals surface area contributed by atoms with Gasteiger partial charge in [0.05, 0.1) is 11.3 Å². The van der Waals surface area contributed by atoms with Crippen LogP contribution in [0.25, 0.3) is 11.6 Å². The zero-order valence-corrected chi connectivity index (χ0v) is 21.2. The van der Waals surface area contributed by atoms with Crippen LogP contribution in [0.2, 0.25) is 0 Å². The van der Waals surface area contributed by atoms with Crippen molar-refractivity contribution in [3.63, 3.8) is 0 Å². The van der Waals surface area contributed by atoms with E-state index in [1.54, 1.807) is 6.07 Å². The normalized spacial score (nSPS) is 15.7. The highest BCUT2D eigenvalue weighted by atomic mass is 79.9. The van der Waals surface area contributed by atoms with Crippen LogP contribution in [0.1, 0.15) is 54.0 Å². The molecule has 1 aliphatic rings. The maximum Gasteiger partial charge on any atom is 0.251 e. The molecule has 8 nitrogen and oxygen atoms in total. The fourth-order valence-corrected chi connectivity index (χ4v) is 6.44. The number of nitrogens with zero attached hydrogens (tertiary/aromatic N) is 3. The molecule has 0 bridgehead atoms. The molecule has 1 aliphatic carbocycles. The Morgan fingerprint density at radius 3 is 2.84 bits per heavy atom. The molecule has 2 amide bonds. The maximum absolute atomic E-state index is 12.7. The number of furan rings is 1. The molecule has 170 valence electrons. The van der Waals surface area contributed by atoms with Gasteiger partial charge < -0.3 is 15.5 Å². The average molecular weight is 538 g/mol. The van der Waals surface area contributed by atoms with Crippen molar-refractivity contribution >= 4 is 55.8 Å². The van der Waals surface area contributed by atoms with Crippen LogP contribution in [-0.4, -0.2) is 32.3 Å². The standard InChI is InChI=1S/C21H24BrN5O3S2/c1-10(2)27-19(13-6-7-15(22)30-13)25-26-21(27)31-9-16(28)24-20-17(18(23)29)12-5-4-11(3)8-14(12)32-20/h6-7,10-11H,4-5,8-9H2,1-3H3,(H2,23,29)(H,24,28). The van der Waals surface area contributed by atoms with Gasteiger partial charge in [0.15, 0.2) is 15.6 Å². The van der Waals surface area contributed by atoms with Crippen molar-refractivity contribution < 1.29 is 14.0 Å². The molecule has 1 atom stereocenters. The zero-order valence-electron chi connectivity index (χ0n) is 18.0. The summed E-state index contributed by atoms with van der Waals surface area (Å²) in [7, 11) is 0. The maximum atomic E-state index is 12.7. The lowest BCUT2D eigenvalue weighted by Crippen LogP contribution is -2.20. The number of hydrogen-bond donors (Lipinski definition) is 2. The summed E-state index contributed by atoms with van der Waals surface area (Å²) in [4.78, 5) is 26.0. The highest BCUT2D eigenvalue weighted by Crippen LogP contribution is 2.39. The highest BCUT2D eigenvalue weighted by Gasteiger charge is 2.27. The molecule has 3 aromatic heterocycles. The molecule has 32 heavy (non-hydrogen) atoms. The Kier molecular flexibility index (Phi) is 6.78. The van der Waals surface area contributed by atoms with Gasteiger partial charge in [0.2, 0.25) is 11.7 Å². The van der Waals surface area contributed by atoms with E-state index >= 15 is 0 Å². The van der Waals surface area contributed by atoms with Crippen LogP contribution in [0, 0.1) is 5.92 Å². The lowest BCUT2D eigenvalue weighted by Gasteiger charge is -2.18. The first kappa shape index (κ1) is 23.1. The minimum absolute atomic E-state index is 0.0712. The Balaban J connectivity index is 1.50. The minimum atomic E-state index is -0.492. The first-order chi connectivity index (χ1) is 15.2. The summed E-state index contributed by atoms with van der Waals surface area (Å²) in [6, 6.07) is 3.69. The predicted octanol–water partition coefficient (Wildman–Crippen LogP) is 4.90.